The quantitative estimate of drug-likeness (QED) is 0.810. The predicted molar refractivity (Wildman–Crippen MR) is 109 cm³/mol. The molecule has 0 saturated carbocycles. The highest BCUT2D eigenvalue weighted by molar-refractivity contribution is 7.89. The molecule has 154 valence electrons. The van der Waals surface area contributed by atoms with Crippen LogP contribution in [0.2, 0.25) is 0 Å². The second kappa shape index (κ2) is 8.22. The van der Waals surface area contributed by atoms with E-state index in [0.29, 0.717) is 13.1 Å². The van der Waals surface area contributed by atoms with Gasteiger partial charge in [-0.25, -0.2) is 12.8 Å². The second-order valence-corrected chi connectivity index (χ2v) is 9.46. The van der Waals surface area contributed by atoms with Gasteiger partial charge in [0, 0.05) is 31.9 Å². The largest absolute Gasteiger partial charge is 0.325 e. The maximum atomic E-state index is 13.4. The Morgan fingerprint density at radius 1 is 1.00 bits per heavy atom. The number of sulfonamides is 1. The van der Waals surface area contributed by atoms with Crippen LogP contribution in [0.25, 0.3) is 0 Å². The number of amides is 1. The summed E-state index contributed by atoms with van der Waals surface area (Å²) in [5.41, 5.74) is 3.47. The van der Waals surface area contributed by atoms with Crippen molar-refractivity contribution in [3.8, 4) is 0 Å². The number of anilines is 1. The van der Waals surface area contributed by atoms with Gasteiger partial charge in [0.05, 0.1) is 11.4 Å². The van der Waals surface area contributed by atoms with Gasteiger partial charge in [0.2, 0.25) is 15.9 Å². The summed E-state index contributed by atoms with van der Waals surface area (Å²) < 4.78 is 40.1. The number of piperazine rings is 1. The highest BCUT2D eigenvalue weighted by Crippen LogP contribution is 2.25. The molecule has 0 radical (unpaired) electrons. The number of benzene rings is 2. The van der Waals surface area contributed by atoms with E-state index in [0.717, 1.165) is 31.0 Å². The highest BCUT2D eigenvalue weighted by atomic mass is 32.2. The molecule has 6 nitrogen and oxygen atoms in total. The maximum Gasteiger partial charge on any atom is 0.243 e. The van der Waals surface area contributed by atoms with Crippen LogP contribution in [-0.4, -0.2) is 56.3 Å². The molecule has 1 amide bonds. The monoisotopic (exact) mass is 417 g/mol. The predicted octanol–water partition coefficient (Wildman–Crippen LogP) is 2.26. The molecule has 1 aliphatic carbocycles. The van der Waals surface area contributed by atoms with E-state index in [1.54, 1.807) is 0 Å². The number of fused-ring (bicyclic) bond motifs is 1. The molecule has 2 aromatic carbocycles. The van der Waals surface area contributed by atoms with Gasteiger partial charge in [-0.2, -0.15) is 4.31 Å². The number of carbonyl (C=O) groups is 1. The molecule has 2 aliphatic rings. The lowest BCUT2D eigenvalue weighted by molar-refractivity contribution is -0.117. The van der Waals surface area contributed by atoms with Gasteiger partial charge in [-0.3, -0.25) is 9.69 Å². The van der Waals surface area contributed by atoms with E-state index in [4.69, 9.17) is 0 Å². The van der Waals surface area contributed by atoms with Gasteiger partial charge in [0.1, 0.15) is 5.82 Å². The summed E-state index contributed by atoms with van der Waals surface area (Å²) in [6.07, 6.45) is 3.32. The summed E-state index contributed by atoms with van der Waals surface area (Å²) in [5.74, 6) is -0.683. The minimum atomic E-state index is -3.72. The van der Waals surface area contributed by atoms with E-state index in [2.05, 4.69) is 11.4 Å². The van der Waals surface area contributed by atoms with Crippen LogP contribution in [0.1, 0.15) is 17.5 Å². The number of hydrogen-bond acceptors (Lipinski definition) is 4. The first-order chi connectivity index (χ1) is 13.9. The summed E-state index contributed by atoms with van der Waals surface area (Å²) in [5, 5.41) is 2.94. The molecule has 0 atom stereocenters. The Morgan fingerprint density at radius 3 is 2.52 bits per heavy atom. The fourth-order valence-corrected chi connectivity index (χ4v) is 5.41. The van der Waals surface area contributed by atoms with Crippen LogP contribution < -0.4 is 5.32 Å². The third-order valence-electron chi connectivity index (χ3n) is 5.51. The van der Waals surface area contributed by atoms with Crippen molar-refractivity contribution < 1.29 is 17.6 Å². The Hall–Kier alpha value is -2.29. The number of hydrogen-bond donors (Lipinski definition) is 1. The van der Waals surface area contributed by atoms with Crippen LogP contribution in [0, 0.1) is 5.82 Å². The Morgan fingerprint density at radius 2 is 1.76 bits per heavy atom. The third-order valence-corrected chi connectivity index (χ3v) is 7.41. The van der Waals surface area contributed by atoms with Crippen molar-refractivity contribution >= 4 is 21.6 Å². The second-order valence-electron chi connectivity index (χ2n) is 7.52. The van der Waals surface area contributed by atoms with Crippen LogP contribution in [-0.2, 0) is 27.7 Å². The number of rotatable bonds is 5. The van der Waals surface area contributed by atoms with Crippen molar-refractivity contribution in [2.75, 3.05) is 38.0 Å². The number of carbonyl (C=O) groups excluding carboxylic acids is 1. The molecule has 0 bridgehead atoms. The molecule has 29 heavy (non-hydrogen) atoms. The Kier molecular flexibility index (Phi) is 5.67. The summed E-state index contributed by atoms with van der Waals surface area (Å²) in [6.45, 7) is 1.65. The standard InChI is InChI=1S/C21H24FN3O3S/c22-18-5-2-6-20(14-18)29(27,28)25-11-9-24(10-12-25)15-21(26)23-19-8-7-16-3-1-4-17(16)13-19/h2,5-8,13-14H,1,3-4,9-12,15H2,(H,23,26). The average molecular weight is 418 g/mol. The fourth-order valence-electron chi connectivity index (χ4n) is 3.96. The summed E-state index contributed by atoms with van der Waals surface area (Å²) >= 11 is 0. The molecular formula is C21H24FN3O3S. The molecule has 1 heterocycles. The number of halogens is 1. The average Bonchev–Trinajstić information content (AvgIpc) is 3.16. The van der Waals surface area contributed by atoms with Crippen LogP contribution in [0.3, 0.4) is 0 Å². The zero-order valence-corrected chi connectivity index (χ0v) is 16.9. The molecule has 0 aromatic heterocycles. The van der Waals surface area contributed by atoms with E-state index < -0.39 is 15.8 Å². The number of nitrogens with zero attached hydrogens (tertiary/aromatic N) is 2. The van der Waals surface area contributed by atoms with E-state index in [1.807, 2.05) is 17.0 Å². The zero-order valence-electron chi connectivity index (χ0n) is 16.1. The van der Waals surface area contributed by atoms with Crippen molar-refractivity contribution in [1.82, 2.24) is 9.21 Å². The van der Waals surface area contributed by atoms with Gasteiger partial charge < -0.3 is 5.32 Å². The molecule has 0 spiro atoms. The van der Waals surface area contributed by atoms with Gasteiger partial charge in [-0.1, -0.05) is 12.1 Å². The van der Waals surface area contributed by atoms with Gasteiger partial charge in [-0.05, 0) is 60.7 Å². The lowest BCUT2D eigenvalue weighted by Gasteiger charge is -2.33. The van der Waals surface area contributed by atoms with Crippen molar-refractivity contribution in [1.29, 1.82) is 0 Å². The molecule has 4 rings (SSSR count). The SMILES string of the molecule is O=C(CN1CCN(S(=O)(=O)c2cccc(F)c2)CC1)Nc1ccc2c(c1)CCC2. The van der Waals surface area contributed by atoms with Gasteiger partial charge in [0.25, 0.3) is 0 Å². The third kappa shape index (κ3) is 4.49. The molecule has 1 saturated heterocycles. The Balaban J connectivity index is 1.31. The summed E-state index contributed by atoms with van der Waals surface area (Å²) in [6, 6.07) is 11.1. The van der Waals surface area contributed by atoms with Crippen LogP contribution in [0.15, 0.2) is 47.4 Å². The number of aryl methyl sites for hydroxylation is 2. The van der Waals surface area contributed by atoms with Gasteiger partial charge in [0.15, 0.2) is 0 Å². The molecule has 1 N–H and O–H groups in total. The molecule has 1 aliphatic heterocycles. The first kappa shape index (κ1) is 20.0. The van der Waals surface area contributed by atoms with E-state index >= 15 is 0 Å². The lowest BCUT2D eigenvalue weighted by Crippen LogP contribution is -2.50. The fraction of sp³-hybridized carbons (Fsp3) is 0.381. The number of nitrogens with one attached hydrogen (secondary N) is 1. The molecule has 1 fully saturated rings. The first-order valence-corrected chi connectivity index (χ1v) is 11.3. The van der Waals surface area contributed by atoms with E-state index in [-0.39, 0.29) is 30.4 Å². The lowest BCUT2D eigenvalue weighted by atomic mass is 10.1. The normalized spacial score (nSPS) is 17.8. The smallest absolute Gasteiger partial charge is 0.243 e. The van der Waals surface area contributed by atoms with Crippen LogP contribution >= 0.6 is 0 Å². The summed E-state index contributed by atoms with van der Waals surface area (Å²) in [7, 11) is -3.72. The van der Waals surface area contributed by atoms with Crippen molar-refractivity contribution in [2.24, 2.45) is 0 Å². The molecular weight excluding hydrogens is 393 g/mol. The Bertz CT molecular complexity index is 1020. The topological polar surface area (TPSA) is 69.7 Å². The van der Waals surface area contributed by atoms with Crippen LogP contribution in [0.5, 0.6) is 0 Å². The van der Waals surface area contributed by atoms with Crippen molar-refractivity contribution in [3.63, 3.8) is 0 Å². The minimum Gasteiger partial charge on any atom is -0.325 e. The maximum absolute atomic E-state index is 13.4. The summed E-state index contributed by atoms with van der Waals surface area (Å²) in [4.78, 5) is 14.3. The molecule has 8 heteroatoms. The van der Waals surface area contributed by atoms with E-state index in [1.165, 1.54) is 33.6 Å². The van der Waals surface area contributed by atoms with E-state index in [9.17, 15) is 17.6 Å². The van der Waals surface area contributed by atoms with Gasteiger partial charge >= 0.3 is 0 Å². The molecule has 0 unspecified atom stereocenters. The van der Waals surface area contributed by atoms with Crippen molar-refractivity contribution in [2.45, 2.75) is 24.2 Å². The first-order valence-electron chi connectivity index (χ1n) is 9.81. The zero-order chi connectivity index (χ0) is 20.4. The van der Waals surface area contributed by atoms with Gasteiger partial charge in [-0.15, -0.1) is 0 Å². The molecule has 2 aromatic rings. The highest BCUT2D eigenvalue weighted by Gasteiger charge is 2.29. The minimum absolute atomic E-state index is 0.0414. The van der Waals surface area contributed by atoms with Crippen molar-refractivity contribution in [3.05, 3.63) is 59.4 Å². The Labute approximate surface area is 170 Å². The van der Waals surface area contributed by atoms with Crippen LogP contribution in [0.4, 0.5) is 10.1 Å².